The van der Waals surface area contributed by atoms with Crippen molar-refractivity contribution in [3.05, 3.63) is 34.1 Å². The van der Waals surface area contributed by atoms with E-state index >= 15 is 0 Å². The molecule has 1 amide bonds. The molecular weight excluding hydrogens is 301 g/mol. The number of halogens is 1. The van der Waals surface area contributed by atoms with Crippen LogP contribution < -0.4 is 10.6 Å². The van der Waals surface area contributed by atoms with E-state index in [1.807, 2.05) is 6.92 Å². The van der Waals surface area contributed by atoms with Gasteiger partial charge in [0.1, 0.15) is 0 Å². The largest absolute Gasteiger partial charge is 0.334 e. The first-order valence-corrected chi connectivity index (χ1v) is 8.07. The Balaban J connectivity index is 1.95. The van der Waals surface area contributed by atoms with Gasteiger partial charge in [-0.05, 0) is 44.7 Å². The molecule has 1 fully saturated rings. The van der Waals surface area contributed by atoms with Crippen LogP contribution >= 0.6 is 0 Å². The van der Waals surface area contributed by atoms with Crippen molar-refractivity contribution in [3.8, 4) is 0 Å². The number of hydrogen-bond acceptors (Lipinski definition) is 3. The van der Waals surface area contributed by atoms with Crippen LogP contribution in [0.1, 0.15) is 45.4 Å². The van der Waals surface area contributed by atoms with Crippen molar-refractivity contribution in [1.82, 2.24) is 0 Å². The van der Waals surface area contributed by atoms with Gasteiger partial charge in [0.15, 0.2) is 6.04 Å². The summed E-state index contributed by atoms with van der Waals surface area (Å²) < 4.78 is 13.3. The fraction of sp³-hybridized carbons (Fsp3) is 0.562. The number of benzene rings is 1. The standard InChI is InChI=1S/C16H22FN3O3/c1-11(18-12-6-4-2-3-5-7-12)16(21)19-13-8-9-14(17)15(10-13)20(22)23/h8-12,18H,2-7H2,1H3,(H,19,21)/p+1/t11-/m0/s1. The molecule has 0 unspecified atom stereocenters. The number of amides is 1. The minimum absolute atomic E-state index is 0.227. The SMILES string of the molecule is C[C@H]([NH2+]C1CCCCCC1)C(=O)Nc1ccc(F)c([N+](=O)[O-])c1. The number of nitrogens with two attached hydrogens (primary N) is 1. The lowest BCUT2D eigenvalue weighted by molar-refractivity contribution is -0.707. The molecule has 1 saturated carbocycles. The Bertz CT molecular complexity index is 572. The van der Waals surface area contributed by atoms with Gasteiger partial charge < -0.3 is 10.6 Å². The van der Waals surface area contributed by atoms with Crippen molar-refractivity contribution < 1.29 is 19.4 Å². The van der Waals surface area contributed by atoms with E-state index < -0.39 is 16.4 Å². The molecule has 0 bridgehead atoms. The molecule has 1 atom stereocenters. The van der Waals surface area contributed by atoms with Crippen LogP contribution in [0.4, 0.5) is 15.8 Å². The maximum Gasteiger partial charge on any atom is 0.306 e. The highest BCUT2D eigenvalue weighted by Crippen LogP contribution is 2.21. The first kappa shape index (κ1) is 17.3. The summed E-state index contributed by atoms with van der Waals surface area (Å²) in [5, 5.41) is 15.4. The Kier molecular flexibility index (Phi) is 6.04. The van der Waals surface area contributed by atoms with E-state index in [1.165, 1.54) is 31.7 Å². The summed E-state index contributed by atoms with van der Waals surface area (Å²) in [6, 6.07) is 3.53. The van der Waals surface area contributed by atoms with E-state index in [0.717, 1.165) is 25.0 Å². The average Bonchev–Trinajstić information content (AvgIpc) is 2.77. The highest BCUT2D eigenvalue weighted by molar-refractivity contribution is 5.93. The Morgan fingerprint density at radius 2 is 2.00 bits per heavy atom. The summed E-state index contributed by atoms with van der Waals surface area (Å²) in [7, 11) is 0. The molecule has 0 aromatic heterocycles. The lowest BCUT2D eigenvalue weighted by Gasteiger charge is -2.18. The molecule has 1 aromatic carbocycles. The second-order valence-electron chi connectivity index (χ2n) is 6.15. The number of carbonyl (C=O) groups is 1. The van der Waals surface area contributed by atoms with Gasteiger partial charge in [0.05, 0.1) is 11.0 Å². The van der Waals surface area contributed by atoms with Crippen LogP contribution in [0, 0.1) is 15.9 Å². The van der Waals surface area contributed by atoms with Gasteiger partial charge in [-0.2, -0.15) is 4.39 Å². The highest BCUT2D eigenvalue weighted by atomic mass is 19.1. The second-order valence-corrected chi connectivity index (χ2v) is 6.15. The van der Waals surface area contributed by atoms with Crippen molar-refractivity contribution in [3.63, 3.8) is 0 Å². The number of anilines is 1. The van der Waals surface area contributed by atoms with Crippen molar-refractivity contribution >= 4 is 17.3 Å². The number of nitrogens with zero attached hydrogens (tertiary/aromatic N) is 1. The van der Waals surface area contributed by atoms with Gasteiger partial charge in [-0.15, -0.1) is 0 Å². The molecule has 1 aliphatic rings. The number of hydrogen-bond donors (Lipinski definition) is 2. The molecule has 0 radical (unpaired) electrons. The lowest BCUT2D eigenvalue weighted by atomic mass is 10.1. The molecule has 126 valence electrons. The third-order valence-corrected chi connectivity index (χ3v) is 4.28. The summed E-state index contributed by atoms with van der Waals surface area (Å²) >= 11 is 0. The molecule has 0 heterocycles. The molecule has 3 N–H and O–H groups in total. The first-order valence-electron chi connectivity index (χ1n) is 8.07. The maximum absolute atomic E-state index is 13.3. The third-order valence-electron chi connectivity index (χ3n) is 4.28. The van der Waals surface area contributed by atoms with E-state index in [9.17, 15) is 19.3 Å². The fourth-order valence-electron chi connectivity index (χ4n) is 2.99. The van der Waals surface area contributed by atoms with Crippen LogP contribution in [0.2, 0.25) is 0 Å². The highest BCUT2D eigenvalue weighted by Gasteiger charge is 2.23. The Morgan fingerprint density at radius 3 is 2.61 bits per heavy atom. The summed E-state index contributed by atoms with van der Waals surface area (Å²) in [6.07, 6.45) is 7.12. The maximum atomic E-state index is 13.3. The minimum Gasteiger partial charge on any atom is -0.334 e. The van der Waals surface area contributed by atoms with Gasteiger partial charge in [0, 0.05) is 11.8 Å². The van der Waals surface area contributed by atoms with Crippen LogP contribution in [-0.2, 0) is 4.79 Å². The molecule has 0 spiro atoms. The fourth-order valence-corrected chi connectivity index (χ4v) is 2.99. The summed E-state index contributed by atoms with van der Waals surface area (Å²) in [5.41, 5.74) is -0.396. The molecule has 1 aliphatic carbocycles. The van der Waals surface area contributed by atoms with Crippen LogP contribution in [-0.4, -0.2) is 22.9 Å². The molecule has 0 aliphatic heterocycles. The van der Waals surface area contributed by atoms with Crippen LogP contribution in [0.25, 0.3) is 0 Å². The average molecular weight is 324 g/mol. The normalized spacial score (nSPS) is 17.3. The molecule has 1 aromatic rings. The molecule has 7 heteroatoms. The summed E-state index contributed by atoms with van der Waals surface area (Å²) in [4.78, 5) is 22.2. The second kappa shape index (κ2) is 8.01. The summed E-state index contributed by atoms with van der Waals surface area (Å²) in [5.74, 6) is -1.14. The van der Waals surface area contributed by atoms with Crippen molar-refractivity contribution in [1.29, 1.82) is 0 Å². The quantitative estimate of drug-likeness (QED) is 0.495. The van der Waals surface area contributed by atoms with Gasteiger partial charge >= 0.3 is 5.69 Å². The van der Waals surface area contributed by atoms with E-state index in [2.05, 4.69) is 10.6 Å². The zero-order chi connectivity index (χ0) is 16.8. The van der Waals surface area contributed by atoms with E-state index in [4.69, 9.17) is 0 Å². The first-order chi connectivity index (χ1) is 11.0. The van der Waals surface area contributed by atoms with Gasteiger partial charge in [-0.1, -0.05) is 12.8 Å². The zero-order valence-electron chi connectivity index (χ0n) is 13.3. The summed E-state index contributed by atoms with van der Waals surface area (Å²) in [6.45, 7) is 1.82. The monoisotopic (exact) mass is 324 g/mol. The van der Waals surface area contributed by atoms with Gasteiger partial charge in [0.2, 0.25) is 5.82 Å². The van der Waals surface area contributed by atoms with Crippen LogP contribution in [0.3, 0.4) is 0 Å². The zero-order valence-corrected chi connectivity index (χ0v) is 13.3. The number of nitro benzene ring substituents is 1. The van der Waals surface area contributed by atoms with Crippen molar-refractivity contribution in [2.24, 2.45) is 0 Å². The third kappa shape index (κ3) is 4.99. The topological polar surface area (TPSA) is 88.8 Å². The van der Waals surface area contributed by atoms with E-state index in [1.54, 1.807) is 0 Å². The smallest absolute Gasteiger partial charge is 0.306 e. The number of nitrogens with one attached hydrogen (secondary N) is 1. The Morgan fingerprint density at radius 1 is 1.35 bits per heavy atom. The number of carbonyl (C=O) groups excluding carboxylic acids is 1. The molecule has 6 nitrogen and oxygen atoms in total. The molecular formula is C16H23FN3O3+. The van der Waals surface area contributed by atoms with Gasteiger partial charge in [-0.25, -0.2) is 0 Å². The Labute approximate surface area is 134 Å². The Hall–Kier alpha value is -2.02. The molecule has 2 rings (SSSR count). The minimum atomic E-state index is -0.911. The van der Waals surface area contributed by atoms with Gasteiger partial charge in [0.25, 0.3) is 5.91 Å². The predicted octanol–water partition coefficient (Wildman–Crippen LogP) is 2.35. The predicted molar refractivity (Wildman–Crippen MR) is 84.6 cm³/mol. The number of rotatable bonds is 5. The van der Waals surface area contributed by atoms with E-state index in [0.29, 0.717) is 6.04 Å². The van der Waals surface area contributed by atoms with Crippen LogP contribution in [0.15, 0.2) is 18.2 Å². The number of nitro groups is 1. The van der Waals surface area contributed by atoms with Gasteiger partial charge in [-0.3, -0.25) is 14.9 Å². The van der Waals surface area contributed by atoms with E-state index in [-0.39, 0.29) is 17.6 Å². The molecule has 23 heavy (non-hydrogen) atoms. The van der Waals surface area contributed by atoms with Crippen LogP contribution in [0.5, 0.6) is 0 Å². The van der Waals surface area contributed by atoms with Crippen molar-refractivity contribution in [2.75, 3.05) is 5.32 Å². The number of quaternary nitrogens is 1. The molecule has 0 saturated heterocycles. The van der Waals surface area contributed by atoms with Crippen molar-refractivity contribution in [2.45, 2.75) is 57.5 Å². The lowest BCUT2D eigenvalue weighted by Crippen LogP contribution is -2.96.